The molecule has 1 heterocycles. The molecule has 0 unspecified atom stereocenters. The predicted molar refractivity (Wildman–Crippen MR) is 51.3 cm³/mol. The van der Waals surface area contributed by atoms with Crippen LogP contribution in [0.15, 0.2) is 29.2 Å². The van der Waals surface area contributed by atoms with E-state index in [4.69, 9.17) is 4.84 Å². The lowest BCUT2D eigenvalue weighted by Crippen LogP contribution is -2.18. The zero-order valence-electron chi connectivity index (χ0n) is 6.99. The minimum absolute atomic E-state index is 0.731. The largest absolute Gasteiger partial charge is 0.273 e. The smallest absolute Gasteiger partial charge is 0.0957 e. The zero-order valence-corrected chi connectivity index (χ0v) is 7.80. The van der Waals surface area contributed by atoms with E-state index in [0.717, 1.165) is 12.5 Å². The summed E-state index contributed by atoms with van der Waals surface area (Å²) in [6.45, 7) is 2.74. The molecule has 64 valence electrons. The summed E-state index contributed by atoms with van der Waals surface area (Å²) in [7, 11) is 0. The highest BCUT2D eigenvalue weighted by molar-refractivity contribution is 7.99. The molecule has 1 aromatic rings. The van der Waals surface area contributed by atoms with E-state index in [-0.39, 0.29) is 0 Å². The molecule has 0 saturated heterocycles. The molecule has 0 spiro atoms. The Morgan fingerprint density at radius 1 is 1.50 bits per heavy atom. The van der Waals surface area contributed by atoms with Crippen LogP contribution < -0.4 is 5.06 Å². The van der Waals surface area contributed by atoms with Crippen molar-refractivity contribution < 1.29 is 4.84 Å². The number of hydrogen-bond donors (Lipinski definition) is 0. The standard InChI is InChI=1S/C9H11NOS/c1-2-11-10-7-12-9-6-4-3-5-8(9)10/h3-6H,2,7H2,1H3. The Hall–Kier alpha value is -0.670. The maximum Gasteiger partial charge on any atom is 0.0957 e. The summed E-state index contributed by atoms with van der Waals surface area (Å²) in [5.74, 6) is 0.910. The number of anilines is 1. The van der Waals surface area contributed by atoms with Crippen molar-refractivity contribution in [3.63, 3.8) is 0 Å². The van der Waals surface area contributed by atoms with Crippen LogP contribution >= 0.6 is 11.8 Å². The molecule has 1 aromatic carbocycles. The van der Waals surface area contributed by atoms with Gasteiger partial charge in [0.15, 0.2) is 0 Å². The second-order valence-electron chi connectivity index (χ2n) is 2.54. The van der Waals surface area contributed by atoms with Crippen molar-refractivity contribution in [3.8, 4) is 0 Å². The van der Waals surface area contributed by atoms with Crippen LogP contribution in [0, 0.1) is 0 Å². The Bertz CT molecular complexity index is 275. The first kappa shape index (κ1) is 7.95. The van der Waals surface area contributed by atoms with E-state index in [1.807, 2.05) is 29.8 Å². The van der Waals surface area contributed by atoms with Gasteiger partial charge in [0.2, 0.25) is 0 Å². The molecule has 1 aliphatic heterocycles. The van der Waals surface area contributed by atoms with Crippen LogP contribution in [-0.4, -0.2) is 12.5 Å². The summed E-state index contributed by atoms with van der Waals surface area (Å²) in [5, 5.41) is 1.94. The van der Waals surface area contributed by atoms with E-state index in [2.05, 4.69) is 18.2 Å². The molecule has 0 saturated carbocycles. The third-order valence-corrected chi connectivity index (χ3v) is 2.78. The van der Waals surface area contributed by atoms with Crippen molar-refractivity contribution in [3.05, 3.63) is 24.3 Å². The van der Waals surface area contributed by atoms with Gasteiger partial charge < -0.3 is 0 Å². The molecule has 1 aliphatic rings. The van der Waals surface area contributed by atoms with E-state index in [0.29, 0.717) is 0 Å². The highest BCUT2D eigenvalue weighted by atomic mass is 32.2. The van der Waals surface area contributed by atoms with Crippen molar-refractivity contribution in [2.24, 2.45) is 0 Å². The first-order valence-corrected chi connectivity index (χ1v) is 5.02. The van der Waals surface area contributed by atoms with Crippen LogP contribution in [0.4, 0.5) is 5.69 Å². The normalized spacial score (nSPS) is 14.9. The fraction of sp³-hybridized carbons (Fsp3) is 0.333. The van der Waals surface area contributed by atoms with Crippen molar-refractivity contribution in [1.82, 2.24) is 0 Å². The van der Waals surface area contributed by atoms with Crippen LogP contribution in [-0.2, 0) is 4.84 Å². The van der Waals surface area contributed by atoms with Gasteiger partial charge in [-0.2, -0.15) is 0 Å². The van der Waals surface area contributed by atoms with Gasteiger partial charge >= 0.3 is 0 Å². The second kappa shape index (κ2) is 3.37. The van der Waals surface area contributed by atoms with Crippen molar-refractivity contribution in [2.45, 2.75) is 11.8 Å². The van der Waals surface area contributed by atoms with Gasteiger partial charge in [-0.05, 0) is 19.1 Å². The number of nitrogens with zero attached hydrogens (tertiary/aromatic N) is 1. The maximum atomic E-state index is 5.44. The molecule has 2 nitrogen and oxygen atoms in total. The van der Waals surface area contributed by atoms with E-state index in [1.54, 1.807) is 0 Å². The fourth-order valence-electron chi connectivity index (χ4n) is 1.25. The molecule has 3 heteroatoms. The zero-order chi connectivity index (χ0) is 8.39. The third-order valence-electron chi connectivity index (χ3n) is 1.76. The summed E-state index contributed by atoms with van der Waals surface area (Å²) < 4.78 is 0. The summed E-state index contributed by atoms with van der Waals surface area (Å²) in [6, 6.07) is 8.31. The fourth-order valence-corrected chi connectivity index (χ4v) is 2.21. The van der Waals surface area contributed by atoms with E-state index >= 15 is 0 Å². The van der Waals surface area contributed by atoms with Gasteiger partial charge in [0, 0.05) is 4.90 Å². The lowest BCUT2D eigenvalue weighted by atomic mass is 10.3. The van der Waals surface area contributed by atoms with E-state index in [1.165, 1.54) is 10.6 Å². The maximum absolute atomic E-state index is 5.44. The lowest BCUT2D eigenvalue weighted by molar-refractivity contribution is 0.132. The SMILES string of the molecule is CCON1CSc2ccccc21. The van der Waals surface area contributed by atoms with Crippen molar-refractivity contribution >= 4 is 17.4 Å². The molecule has 2 rings (SSSR count). The Kier molecular flexibility index (Phi) is 2.23. The summed E-state index contributed by atoms with van der Waals surface area (Å²) >= 11 is 1.82. The monoisotopic (exact) mass is 181 g/mol. The van der Waals surface area contributed by atoms with Crippen LogP contribution in [0.1, 0.15) is 6.92 Å². The Balaban J connectivity index is 2.24. The second-order valence-corrected chi connectivity index (χ2v) is 3.52. The first-order valence-electron chi connectivity index (χ1n) is 4.04. The number of rotatable bonds is 2. The number of thioether (sulfide) groups is 1. The number of para-hydroxylation sites is 1. The van der Waals surface area contributed by atoms with Gasteiger partial charge in [-0.1, -0.05) is 23.9 Å². The van der Waals surface area contributed by atoms with Crippen molar-refractivity contribution in [1.29, 1.82) is 0 Å². The molecule has 0 aromatic heterocycles. The molecular formula is C9H11NOS. The first-order chi connectivity index (χ1) is 5.92. The summed E-state index contributed by atoms with van der Waals surface area (Å²) in [4.78, 5) is 6.75. The molecule has 12 heavy (non-hydrogen) atoms. The Morgan fingerprint density at radius 2 is 2.33 bits per heavy atom. The van der Waals surface area contributed by atoms with Crippen LogP contribution in [0.5, 0.6) is 0 Å². The average Bonchev–Trinajstić information content (AvgIpc) is 2.50. The Labute approximate surface area is 76.5 Å². The van der Waals surface area contributed by atoms with Gasteiger partial charge in [0.25, 0.3) is 0 Å². The lowest BCUT2D eigenvalue weighted by Gasteiger charge is -2.15. The quantitative estimate of drug-likeness (QED) is 0.695. The average molecular weight is 181 g/mol. The van der Waals surface area contributed by atoms with Crippen LogP contribution in [0.25, 0.3) is 0 Å². The van der Waals surface area contributed by atoms with Gasteiger partial charge in [-0.3, -0.25) is 4.84 Å². The molecule has 0 amide bonds. The Morgan fingerprint density at radius 3 is 3.17 bits per heavy atom. The molecule has 0 aliphatic carbocycles. The molecule has 0 fully saturated rings. The van der Waals surface area contributed by atoms with Gasteiger partial charge in [0.05, 0.1) is 18.2 Å². The third kappa shape index (κ3) is 1.30. The van der Waals surface area contributed by atoms with Crippen LogP contribution in [0.2, 0.25) is 0 Å². The van der Waals surface area contributed by atoms with Crippen molar-refractivity contribution in [2.75, 3.05) is 17.5 Å². The van der Waals surface area contributed by atoms with E-state index < -0.39 is 0 Å². The summed E-state index contributed by atoms with van der Waals surface area (Å²) in [6.07, 6.45) is 0. The number of fused-ring (bicyclic) bond motifs is 1. The molecule has 0 bridgehead atoms. The molecule has 0 radical (unpaired) electrons. The van der Waals surface area contributed by atoms with Gasteiger partial charge in [-0.25, -0.2) is 5.06 Å². The number of hydroxylamine groups is 1. The summed E-state index contributed by atoms with van der Waals surface area (Å²) in [5.41, 5.74) is 1.20. The minimum Gasteiger partial charge on any atom is -0.273 e. The topological polar surface area (TPSA) is 12.5 Å². The predicted octanol–water partition coefficient (Wildman–Crippen LogP) is 2.51. The van der Waals surface area contributed by atoms with Crippen LogP contribution in [0.3, 0.4) is 0 Å². The number of benzene rings is 1. The highest BCUT2D eigenvalue weighted by Crippen LogP contribution is 2.37. The van der Waals surface area contributed by atoms with Gasteiger partial charge in [-0.15, -0.1) is 0 Å². The minimum atomic E-state index is 0.731. The van der Waals surface area contributed by atoms with Gasteiger partial charge in [0.1, 0.15) is 0 Å². The molecule has 0 N–H and O–H groups in total. The molecular weight excluding hydrogens is 170 g/mol. The van der Waals surface area contributed by atoms with E-state index in [9.17, 15) is 0 Å². The molecule has 0 atom stereocenters. The highest BCUT2D eigenvalue weighted by Gasteiger charge is 2.18. The number of hydrogen-bond acceptors (Lipinski definition) is 3.